The normalized spacial score (nSPS) is 13.6. The van der Waals surface area contributed by atoms with Gasteiger partial charge in [0.2, 0.25) is 0 Å². The summed E-state index contributed by atoms with van der Waals surface area (Å²) in [4.78, 5) is 11.9. The van der Waals surface area contributed by atoms with Crippen molar-refractivity contribution >= 4 is 28.6 Å². The largest absolute Gasteiger partial charge is 0.468 e. The molecule has 0 aliphatic heterocycles. The zero-order valence-corrected chi connectivity index (χ0v) is 13.2. The molecule has 0 radical (unpaired) electrons. The highest BCUT2D eigenvalue weighted by Gasteiger charge is 2.31. The number of benzene rings is 1. The highest BCUT2D eigenvalue weighted by atomic mass is 127. The smallest absolute Gasteiger partial charge is 0.325 e. The van der Waals surface area contributed by atoms with Crippen LogP contribution >= 0.6 is 22.6 Å². The summed E-state index contributed by atoms with van der Waals surface area (Å²) in [6, 6.07) is 7.22. The van der Waals surface area contributed by atoms with Gasteiger partial charge in [0, 0.05) is 17.2 Å². The molecule has 4 nitrogen and oxygen atoms in total. The van der Waals surface area contributed by atoms with Crippen LogP contribution in [0.4, 0.5) is 0 Å². The van der Waals surface area contributed by atoms with Gasteiger partial charge in [0.15, 0.2) is 0 Å². The molecular weight excluding hydrogens is 357 g/mol. The van der Waals surface area contributed by atoms with Gasteiger partial charge in [-0.05, 0) is 34.2 Å². The van der Waals surface area contributed by atoms with Crippen molar-refractivity contribution < 1.29 is 14.3 Å². The molecule has 0 heterocycles. The minimum atomic E-state index is -0.566. The number of ether oxygens (including phenoxy) is 2. The van der Waals surface area contributed by atoms with E-state index in [1.165, 1.54) is 7.11 Å². The van der Waals surface area contributed by atoms with E-state index in [1.807, 2.05) is 24.3 Å². The molecule has 0 unspecified atom stereocenters. The van der Waals surface area contributed by atoms with Crippen LogP contribution in [0.5, 0.6) is 0 Å². The summed E-state index contributed by atoms with van der Waals surface area (Å²) in [5.74, 6) is -0.353. The lowest BCUT2D eigenvalue weighted by Crippen LogP contribution is -2.43. The second kappa shape index (κ2) is 8.29. The third-order valence-corrected chi connectivity index (χ3v) is 3.69. The van der Waals surface area contributed by atoms with E-state index in [0.717, 1.165) is 9.13 Å². The van der Waals surface area contributed by atoms with Crippen LogP contribution in [0, 0.1) is 3.57 Å². The minimum absolute atomic E-state index is 0.353. The molecule has 0 fully saturated rings. The Morgan fingerprint density at radius 1 is 1.47 bits per heavy atom. The molecule has 0 saturated heterocycles. The van der Waals surface area contributed by atoms with Gasteiger partial charge < -0.3 is 9.47 Å². The van der Waals surface area contributed by atoms with Gasteiger partial charge in [-0.3, -0.25) is 10.1 Å². The third-order valence-electron chi connectivity index (χ3n) is 2.71. The maximum atomic E-state index is 11.9. The van der Waals surface area contributed by atoms with E-state index < -0.39 is 12.1 Å². The van der Waals surface area contributed by atoms with Gasteiger partial charge in [-0.2, -0.15) is 0 Å². The van der Waals surface area contributed by atoms with E-state index in [9.17, 15) is 4.79 Å². The number of rotatable bonds is 7. The molecule has 1 rings (SSSR count). The number of carbonyl (C=O) groups excluding carboxylic acids is 1. The van der Waals surface area contributed by atoms with Gasteiger partial charge >= 0.3 is 5.97 Å². The topological polar surface area (TPSA) is 47.6 Å². The zero-order valence-electron chi connectivity index (χ0n) is 11.1. The Kier molecular flexibility index (Phi) is 7.04. The molecule has 1 aromatic rings. The summed E-state index contributed by atoms with van der Waals surface area (Å²) in [6.45, 7) is 4.14. The van der Waals surface area contributed by atoms with Crippen molar-refractivity contribution in [1.29, 1.82) is 0 Å². The van der Waals surface area contributed by atoms with Crippen LogP contribution < -0.4 is 5.32 Å². The molecule has 0 aromatic heterocycles. The van der Waals surface area contributed by atoms with Crippen molar-refractivity contribution in [3.8, 4) is 0 Å². The highest BCUT2D eigenvalue weighted by molar-refractivity contribution is 14.1. The van der Waals surface area contributed by atoms with E-state index in [2.05, 4.69) is 34.5 Å². The summed E-state index contributed by atoms with van der Waals surface area (Å²) in [5, 5.41) is 3.08. The lowest BCUT2D eigenvalue weighted by molar-refractivity contribution is -0.147. The van der Waals surface area contributed by atoms with Crippen LogP contribution in [0.1, 0.15) is 11.7 Å². The van der Waals surface area contributed by atoms with Gasteiger partial charge in [-0.1, -0.05) is 24.3 Å². The van der Waals surface area contributed by atoms with Gasteiger partial charge in [0.05, 0.1) is 7.11 Å². The van der Waals surface area contributed by atoms with Gasteiger partial charge in [-0.25, -0.2) is 0 Å². The molecule has 5 heteroatoms. The predicted molar refractivity (Wildman–Crippen MR) is 82.9 cm³/mol. The Morgan fingerprint density at radius 2 is 2.16 bits per heavy atom. The van der Waals surface area contributed by atoms with Gasteiger partial charge in [-0.15, -0.1) is 6.58 Å². The Morgan fingerprint density at radius 3 is 2.68 bits per heavy atom. The molecule has 0 spiro atoms. The third kappa shape index (κ3) is 4.29. The maximum absolute atomic E-state index is 11.9. The Hall–Kier alpha value is -0.920. The van der Waals surface area contributed by atoms with E-state index in [1.54, 1.807) is 13.2 Å². The number of halogens is 1. The average Bonchev–Trinajstić information content (AvgIpc) is 2.44. The number of nitrogens with one attached hydrogen (secondary N) is 1. The fourth-order valence-electron chi connectivity index (χ4n) is 1.80. The van der Waals surface area contributed by atoms with Crippen LogP contribution in [-0.2, 0) is 14.3 Å². The molecule has 1 N–H and O–H groups in total. The van der Waals surface area contributed by atoms with Crippen LogP contribution in [0.2, 0.25) is 0 Å². The van der Waals surface area contributed by atoms with Crippen LogP contribution in [0.25, 0.3) is 0 Å². The summed E-state index contributed by atoms with van der Waals surface area (Å²) in [6.07, 6.45) is 1.29. The quantitative estimate of drug-likeness (QED) is 0.452. The first-order chi connectivity index (χ1) is 9.15. The van der Waals surface area contributed by atoms with E-state index >= 15 is 0 Å². The molecule has 0 bridgehead atoms. The number of hydrogen-bond donors (Lipinski definition) is 1. The summed E-state index contributed by atoms with van der Waals surface area (Å²) in [5.41, 5.74) is 0.956. The van der Waals surface area contributed by atoms with Crippen molar-refractivity contribution in [2.75, 3.05) is 20.8 Å². The predicted octanol–water partition coefficient (Wildman–Crippen LogP) is 2.30. The monoisotopic (exact) mass is 375 g/mol. The fraction of sp³-hybridized carbons (Fsp3) is 0.357. The fourth-order valence-corrected chi connectivity index (χ4v) is 2.49. The van der Waals surface area contributed by atoms with Gasteiger partial charge in [0.1, 0.15) is 12.1 Å². The first kappa shape index (κ1) is 16.1. The van der Waals surface area contributed by atoms with Crippen molar-refractivity contribution in [2.24, 2.45) is 0 Å². The standard InChI is InChI=1S/C14H18INO3/c1-4-9-16-12(14(17)19-3)13(18-2)10-7-5-6-8-11(10)15/h4-8,12-13,16H,1,9H2,2-3H3/t12-,13+/m1/s1. The average molecular weight is 375 g/mol. The lowest BCUT2D eigenvalue weighted by atomic mass is 10.0. The first-order valence-electron chi connectivity index (χ1n) is 5.85. The van der Waals surface area contributed by atoms with Gasteiger partial charge in [0.25, 0.3) is 0 Å². The summed E-state index contributed by atoms with van der Waals surface area (Å²) < 4.78 is 11.4. The second-order valence-corrected chi connectivity index (χ2v) is 5.04. The van der Waals surface area contributed by atoms with Crippen molar-refractivity contribution in [3.05, 3.63) is 46.1 Å². The Labute approximate surface area is 127 Å². The second-order valence-electron chi connectivity index (χ2n) is 3.88. The molecule has 0 saturated carbocycles. The first-order valence-corrected chi connectivity index (χ1v) is 6.92. The SMILES string of the molecule is C=CCN[C@@H](C(=O)OC)[C@@H](OC)c1ccccc1I. The molecule has 104 valence electrons. The highest BCUT2D eigenvalue weighted by Crippen LogP contribution is 2.26. The molecule has 0 aliphatic rings. The number of methoxy groups -OCH3 is 2. The molecule has 0 aliphatic carbocycles. The van der Waals surface area contributed by atoms with Crippen molar-refractivity contribution in [3.63, 3.8) is 0 Å². The number of hydrogen-bond acceptors (Lipinski definition) is 4. The summed E-state index contributed by atoms with van der Waals surface area (Å²) in [7, 11) is 2.95. The van der Waals surface area contributed by atoms with Crippen LogP contribution in [0.15, 0.2) is 36.9 Å². The number of esters is 1. The number of carbonyl (C=O) groups is 1. The molecular formula is C14H18INO3. The van der Waals surface area contributed by atoms with E-state index in [0.29, 0.717) is 6.54 Å². The molecule has 0 amide bonds. The molecule has 2 atom stereocenters. The van der Waals surface area contributed by atoms with Crippen molar-refractivity contribution in [2.45, 2.75) is 12.1 Å². The minimum Gasteiger partial charge on any atom is -0.468 e. The van der Waals surface area contributed by atoms with Crippen LogP contribution in [0.3, 0.4) is 0 Å². The van der Waals surface area contributed by atoms with E-state index in [4.69, 9.17) is 9.47 Å². The zero-order chi connectivity index (χ0) is 14.3. The maximum Gasteiger partial charge on any atom is 0.325 e. The Balaban J connectivity index is 3.05. The molecule has 1 aromatic carbocycles. The molecule has 19 heavy (non-hydrogen) atoms. The lowest BCUT2D eigenvalue weighted by Gasteiger charge is -2.25. The summed E-state index contributed by atoms with van der Waals surface area (Å²) >= 11 is 2.23. The van der Waals surface area contributed by atoms with Crippen molar-refractivity contribution in [1.82, 2.24) is 5.32 Å². The van der Waals surface area contributed by atoms with E-state index in [-0.39, 0.29) is 5.97 Å². The van der Waals surface area contributed by atoms with Crippen LogP contribution in [-0.4, -0.2) is 32.8 Å². The Bertz CT molecular complexity index is 436.